The molecule has 3 rings (SSSR count). The normalized spacial score (nSPS) is 15.6. The Morgan fingerprint density at radius 1 is 1.05 bits per heavy atom. The van der Waals surface area contributed by atoms with E-state index in [1.54, 1.807) is 6.20 Å². The van der Waals surface area contributed by atoms with Crippen LogP contribution in [0, 0.1) is 4.77 Å². The van der Waals surface area contributed by atoms with Crippen molar-refractivity contribution in [3.05, 3.63) is 35.4 Å². The maximum Gasteiger partial charge on any atom is 0.215 e. The summed E-state index contributed by atoms with van der Waals surface area (Å²) in [6.07, 6.45) is 3.54. The monoisotopic (exact) mass is 274 g/mol. The van der Waals surface area contributed by atoms with Gasteiger partial charge in [0.25, 0.3) is 0 Å². The van der Waals surface area contributed by atoms with Gasteiger partial charge in [-0.3, -0.25) is 5.10 Å². The van der Waals surface area contributed by atoms with Gasteiger partial charge >= 0.3 is 0 Å². The zero-order valence-corrected chi connectivity index (χ0v) is 11.2. The van der Waals surface area contributed by atoms with Crippen LogP contribution >= 0.6 is 12.2 Å². The maximum atomic E-state index is 4.99. The molecule has 0 bridgehead atoms. The van der Waals surface area contributed by atoms with E-state index in [0.29, 0.717) is 4.77 Å². The van der Waals surface area contributed by atoms with Crippen molar-refractivity contribution in [1.82, 2.24) is 20.2 Å². The summed E-state index contributed by atoms with van der Waals surface area (Å²) in [4.78, 5) is 13.1. The largest absolute Gasteiger partial charge is 0.353 e. The first-order valence-corrected chi connectivity index (χ1v) is 6.56. The van der Waals surface area contributed by atoms with Crippen LogP contribution in [0.1, 0.15) is 0 Å². The third-order valence-electron chi connectivity index (χ3n) is 3.13. The number of pyridine rings is 1. The van der Waals surface area contributed by atoms with Crippen molar-refractivity contribution in [1.29, 1.82) is 0 Å². The van der Waals surface area contributed by atoms with E-state index in [1.807, 2.05) is 24.4 Å². The number of hydrogen-bond donors (Lipinski definition) is 1. The van der Waals surface area contributed by atoms with Gasteiger partial charge in [-0.25, -0.2) is 4.98 Å². The molecule has 7 heteroatoms. The summed E-state index contributed by atoms with van der Waals surface area (Å²) in [5.74, 6) is 1.86. The molecule has 19 heavy (non-hydrogen) atoms. The first-order valence-electron chi connectivity index (χ1n) is 6.15. The van der Waals surface area contributed by atoms with Gasteiger partial charge < -0.3 is 9.80 Å². The lowest BCUT2D eigenvalue weighted by atomic mass is 10.3. The molecule has 0 aliphatic carbocycles. The third-order valence-corrected chi connectivity index (χ3v) is 3.32. The van der Waals surface area contributed by atoms with Gasteiger partial charge in [0.1, 0.15) is 5.82 Å². The Hall–Kier alpha value is -2.02. The Kier molecular flexibility index (Phi) is 3.37. The van der Waals surface area contributed by atoms with Gasteiger partial charge in [-0.15, -0.1) is 0 Å². The number of hydrogen-bond acceptors (Lipinski definition) is 6. The molecule has 1 saturated heterocycles. The molecule has 3 heterocycles. The van der Waals surface area contributed by atoms with Crippen molar-refractivity contribution < 1.29 is 0 Å². The van der Waals surface area contributed by atoms with Crippen molar-refractivity contribution in [2.24, 2.45) is 0 Å². The predicted molar refractivity (Wildman–Crippen MR) is 75.9 cm³/mol. The molecule has 0 saturated carbocycles. The van der Waals surface area contributed by atoms with E-state index >= 15 is 0 Å². The number of aromatic nitrogens is 4. The fourth-order valence-corrected chi connectivity index (χ4v) is 2.31. The van der Waals surface area contributed by atoms with Crippen LogP contribution in [0.2, 0.25) is 0 Å². The number of nitrogens with zero attached hydrogens (tertiary/aromatic N) is 5. The van der Waals surface area contributed by atoms with Crippen LogP contribution in [0.25, 0.3) is 0 Å². The molecular formula is C12H14N6S. The van der Waals surface area contributed by atoms with E-state index in [4.69, 9.17) is 12.2 Å². The lowest BCUT2D eigenvalue weighted by Crippen LogP contribution is -2.47. The molecule has 0 atom stereocenters. The molecule has 1 aliphatic rings. The van der Waals surface area contributed by atoms with Crippen molar-refractivity contribution in [3.63, 3.8) is 0 Å². The number of rotatable bonds is 2. The minimum atomic E-state index is 0.421. The fourth-order valence-electron chi connectivity index (χ4n) is 2.16. The summed E-state index contributed by atoms with van der Waals surface area (Å²) >= 11 is 4.99. The predicted octanol–water partition coefficient (Wildman–Crippen LogP) is 1.26. The average molecular weight is 274 g/mol. The van der Waals surface area contributed by atoms with Gasteiger partial charge in [0.2, 0.25) is 4.77 Å². The first kappa shape index (κ1) is 12.0. The van der Waals surface area contributed by atoms with E-state index in [1.165, 1.54) is 0 Å². The minimum absolute atomic E-state index is 0.421. The highest BCUT2D eigenvalue weighted by Crippen LogP contribution is 2.15. The minimum Gasteiger partial charge on any atom is -0.353 e. The number of piperazine rings is 1. The van der Waals surface area contributed by atoms with Crippen LogP contribution in [-0.4, -0.2) is 46.3 Å². The maximum absolute atomic E-state index is 4.99. The van der Waals surface area contributed by atoms with Gasteiger partial charge in [-0.1, -0.05) is 6.07 Å². The summed E-state index contributed by atoms with van der Waals surface area (Å²) in [5, 5.41) is 6.63. The van der Waals surface area contributed by atoms with Gasteiger partial charge in [0, 0.05) is 32.4 Å². The third kappa shape index (κ3) is 2.70. The average Bonchev–Trinajstić information content (AvgIpc) is 2.48. The second kappa shape index (κ2) is 5.31. The standard InChI is InChI=1S/C12H14N6S/c19-12-15-11(9-14-16-12)18-7-5-17(6-8-18)10-3-1-2-4-13-10/h1-4,9H,5-8H2,(H,15,16,19). The van der Waals surface area contributed by atoms with Crippen molar-refractivity contribution in [2.45, 2.75) is 0 Å². The Labute approximate surface area is 116 Å². The van der Waals surface area contributed by atoms with Gasteiger partial charge in [0.15, 0.2) is 5.82 Å². The number of anilines is 2. The van der Waals surface area contributed by atoms with Crippen LogP contribution < -0.4 is 9.80 Å². The van der Waals surface area contributed by atoms with Gasteiger partial charge in [0.05, 0.1) is 6.20 Å². The number of H-pyrrole nitrogens is 1. The quantitative estimate of drug-likeness (QED) is 0.832. The first-order chi connectivity index (χ1) is 9.33. The highest BCUT2D eigenvalue weighted by molar-refractivity contribution is 7.71. The highest BCUT2D eigenvalue weighted by atomic mass is 32.1. The van der Waals surface area contributed by atoms with Crippen LogP contribution in [0.3, 0.4) is 0 Å². The molecule has 6 nitrogen and oxygen atoms in total. The summed E-state index contributed by atoms with van der Waals surface area (Å²) in [5.41, 5.74) is 0. The van der Waals surface area contributed by atoms with Crippen LogP contribution in [0.5, 0.6) is 0 Å². The number of nitrogens with one attached hydrogen (secondary N) is 1. The smallest absolute Gasteiger partial charge is 0.215 e. The Morgan fingerprint density at radius 2 is 1.79 bits per heavy atom. The fraction of sp³-hybridized carbons (Fsp3) is 0.333. The molecule has 2 aromatic rings. The Balaban J connectivity index is 1.68. The summed E-state index contributed by atoms with van der Waals surface area (Å²) in [7, 11) is 0. The van der Waals surface area contributed by atoms with Gasteiger partial charge in [-0.2, -0.15) is 10.1 Å². The van der Waals surface area contributed by atoms with E-state index in [0.717, 1.165) is 37.8 Å². The van der Waals surface area contributed by atoms with Crippen LogP contribution in [0.15, 0.2) is 30.6 Å². The van der Waals surface area contributed by atoms with E-state index in [-0.39, 0.29) is 0 Å². The lowest BCUT2D eigenvalue weighted by molar-refractivity contribution is 0.638. The molecular weight excluding hydrogens is 260 g/mol. The summed E-state index contributed by atoms with van der Waals surface area (Å²) < 4.78 is 0.421. The van der Waals surface area contributed by atoms with Crippen molar-refractivity contribution in [2.75, 3.05) is 36.0 Å². The molecule has 0 radical (unpaired) electrons. The molecule has 0 amide bonds. The summed E-state index contributed by atoms with van der Waals surface area (Å²) in [6.45, 7) is 3.63. The van der Waals surface area contributed by atoms with Crippen LogP contribution in [0.4, 0.5) is 11.6 Å². The molecule has 1 N–H and O–H groups in total. The van der Waals surface area contributed by atoms with Crippen LogP contribution in [-0.2, 0) is 0 Å². The molecule has 0 aromatic carbocycles. The second-order valence-corrected chi connectivity index (χ2v) is 4.69. The van der Waals surface area contributed by atoms with Gasteiger partial charge in [-0.05, 0) is 24.4 Å². The molecule has 0 unspecified atom stereocenters. The van der Waals surface area contributed by atoms with Crippen molar-refractivity contribution in [3.8, 4) is 0 Å². The van der Waals surface area contributed by atoms with Crippen molar-refractivity contribution >= 4 is 23.9 Å². The zero-order valence-electron chi connectivity index (χ0n) is 10.4. The summed E-state index contributed by atoms with van der Waals surface area (Å²) in [6, 6.07) is 5.98. The number of aromatic amines is 1. The molecule has 1 aliphatic heterocycles. The van der Waals surface area contributed by atoms with E-state index in [2.05, 4.69) is 30.0 Å². The Bertz CT molecular complexity index is 590. The van der Waals surface area contributed by atoms with E-state index in [9.17, 15) is 0 Å². The second-order valence-electron chi connectivity index (χ2n) is 4.31. The SMILES string of the molecule is S=c1nc(N2CCN(c3ccccn3)CC2)cn[nH]1. The highest BCUT2D eigenvalue weighted by Gasteiger charge is 2.18. The topological polar surface area (TPSA) is 60.9 Å². The molecule has 98 valence electrons. The Morgan fingerprint density at radius 3 is 2.42 bits per heavy atom. The molecule has 0 spiro atoms. The molecule has 1 fully saturated rings. The zero-order chi connectivity index (χ0) is 13.1. The lowest BCUT2D eigenvalue weighted by Gasteiger charge is -2.35. The molecule has 2 aromatic heterocycles. The van der Waals surface area contributed by atoms with E-state index < -0.39 is 0 Å².